The van der Waals surface area contributed by atoms with E-state index < -0.39 is 24.2 Å². The highest BCUT2D eigenvalue weighted by Crippen LogP contribution is 2.56. The normalized spacial score (nSPS) is 18.5. The number of carbonyl (C=O) groups excluding carboxylic acids is 1. The van der Waals surface area contributed by atoms with Crippen molar-refractivity contribution in [2.45, 2.75) is 56.3 Å². The zero-order valence-corrected chi connectivity index (χ0v) is 19.3. The van der Waals surface area contributed by atoms with Gasteiger partial charge in [0, 0.05) is 5.56 Å². The van der Waals surface area contributed by atoms with Gasteiger partial charge in [-0.2, -0.15) is 0 Å². The van der Waals surface area contributed by atoms with E-state index in [1.54, 1.807) is 4.90 Å². The number of amides is 1. The molecule has 2 N–H and O–H groups in total. The molecule has 1 spiro atoms. The van der Waals surface area contributed by atoms with Crippen LogP contribution in [0.3, 0.4) is 0 Å². The van der Waals surface area contributed by atoms with Crippen molar-refractivity contribution in [1.29, 1.82) is 0 Å². The Morgan fingerprint density at radius 3 is 2.24 bits per heavy atom. The molecule has 2 atom stereocenters. The summed E-state index contributed by atoms with van der Waals surface area (Å²) in [5, 5.41) is 20.8. The second kappa shape index (κ2) is 9.61. The number of fused-ring (bicyclic) bond motifs is 2. The topological polar surface area (TPSA) is 70.0 Å². The largest absolute Gasteiger partial charge is 0.489 e. The molecule has 0 unspecified atom stereocenters. The predicted molar refractivity (Wildman–Crippen MR) is 132 cm³/mol. The molecular weight excluding hydrogens is 426 g/mol. The monoisotopic (exact) mass is 457 g/mol. The summed E-state index contributed by atoms with van der Waals surface area (Å²) in [6, 6.07) is 24.6. The third-order valence-corrected chi connectivity index (χ3v) is 7.29. The van der Waals surface area contributed by atoms with E-state index in [9.17, 15) is 15.0 Å². The molecule has 1 heterocycles. The first-order valence-corrected chi connectivity index (χ1v) is 12.1. The fraction of sp³-hybridized carbons (Fsp3) is 0.345. The Morgan fingerprint density at radius 2 is 1.56 bits per heavy atom. The maximum atomic E-state index is 14.3. The summed E-state index contributed by atoms with van der Waals surface area (Å²) >= 11 is 0. The smallest absolute Gasteiger partial charge is 0.238 e. The SMILES string of the molecule is O=C1N([C@@H](c2ccccc2)[C@H](O)CO)c2cccc(OCc3ccccc3)c2C12CCCCC2. The summed E-state index contributed by atoms with van der Waals surface area (Å²) in [6.45, 7) is -0.0151. The highest BCUT2D eigenvalue weighted by Gasteiger charge is 2.55. The summed E-state index contributed by atoms with van der Waals surface area (Å²) in [5.74, 6) is 0.726. The quantitative estimate of drug-likeness (QED) is 0.529. The van der Waals surface area contributed by atoms with E-state index in [1.807, 2.05) is 78.9 Å². The number of benzene rings is 3. The van der Waals surface area contributed by atoms with Gasteiger partial charge in [0.05, 0.1) is 23.8 Å². The summed E-state index contributed by atoms with van der Waals surface area (Å²) in [6.07, 6.45) is 3.48. The summed E-state index contributed by atoms with van der Waals surface area (Å²) in [4.78, 5) is 16.0. The van der Waals surface area contributed by atoms with Gasteiger partial charge in [-0.05, 0) is 36.1 Å². The maximum absolute atomic E-state index is 14.3. The van der Waals surface area contributed by atoms with E-state index in [4.69, 9.17) is 4.74 Å². The molecule has 5 nitrogen and oxygen atoms in total. The zero-order chi connectivity index (χ0) is 23.5. The van der Waals surface area contributed by atoms with Gasteiger partial charge in [-0.25, -0.2) is 0 Å². The molecule has 0 saturated heterocycles. The van der Waals surface area contributed by atoms with Gasteiger partial charge in [0.1, 0.15) is 18.5 Å². The molecular formula is C29H31NO4. The van der Waals surface area contributed by atoms with E-state index >= 15 is 0 Å². The van der Waals surface area contributed by atoms with Crippen LogP contribution in [0.2, 0.25) is 0 Å². The Balaban J connectivity index is 1.62. The lowest BCUT2D eigenvalue weighted by Gasteiger charge is -2.36. The molecule has 3 aromatic carbocycles. The average molecular weight is 458 g/mol. The van der Waals surface area contributed by atoms with Gasteiger partial charge >= 0.3 is 0 Å². The number of anilines is 1. The number of rotatable bonds is 7. The van der Waals surface area contributed by atoms with Crippen LogP contribution in [-0.2, 0) is 16.8 Å². The van der Waals surface area contributed by atoms with E-state index in [0.717, 1.165) is 60.2 Å². The van der Waals surface area contributed by atoms with E-state index in [2.05, 4.69) is 0 Å². The van der Waals surface area contributed by atoms with Crippen LogP contribution in [0, 0.1) is 0 Å². The highest BCUT2D eigenvalue weighted by molar-refractivity contribution is 6.09. The number of carbonyl (C=O) groups is 1. The Hall–Kier alpha value is -3.15. The molecule has 1 amide bonds. The maximum Gasteiger partial charge on any atom is 0.238 e. The number of hydrogen-bond donors (Lipinski definition) is 2. The standard InChI is InChI=1S/C29H31NO4/c31-19-24(32)27(22-13-6-2-7-14-22)30-23-15-10-16-25(34-20-21-11-4-1-5-12-21)26(23)29(28(30)33)17-8-3-9-18-29/h1-2,4-7,10-16,24,27,31-32H,3,8-9,17-20H2/t24-,27+/m1/s1. The van der Waals surface area contributed by atoms with Gasteiger partial charge in [0.15, 0.2) is 0 Å². The molecule has 0 radical (unpaired) electrons. The van der Waals surface area contributed by atoms with E-state index in [1.165, 1.54) is 0 Å². The minimum absolute atomic E-state index is 0.000635. The number of aliphatic hydroxyl groups excluding tert-OH is 2. The van der Waals surface area contributed by atoms with Gasteiger partial charge in [0.25, 0.3) is 0 Å². The number of ether oxygens (including phenoxy) is 1. The Bertz CT molecular complexity index is 1130. The lowest BCUT2D eigenvalue weighted by molar-refractivity contribution is -0.125. The molecule has 0 bridgehead atoms. The first-order chi connectivity index (χ1) is 16.7. The lowest BCUT2D eigenvalue weighted by atomic mass is 9.70. The number of aliphatic hydroxyl groups is 2. The molecule has 1 aliphatic carbocycles. The summed E-state index contributed by atoms with van der Waals surface area (Å²) < 4.78 is 6.34. The lowest BCUT2D eigenvalue weighted by Crippen LogP contribution is -2.46. The minimum Gasteiger partial charge on any atom is -0.489 e. The molecule has 1 saturated carbocycles. The Morgan fingerprint density at radius 1 is 0.882 bits per heavy atom. The van der Waals surface area contributed by atoms with Crippen LogP contribution < -0.4 is 9.64 Å². The second-order valence-corrected chi connectivity index (χ2v) is 9.35. The molecule has 5 rings (SSSR count). The van der Waals surface area contributed by atoms with Crippen LogP contribution in [0.1, 0.15) is 54.8 Å². The molecule has 176 valence electrons. The van der Waals surface area contributed by atoms with Gasteiger partial charge < -0.3 is 19.8 Å². The molecule has 1 aliphatic heterocycles. The molecule has 34 heavy (non-hydrogen) atoms. The molecule has 5 heteroatoms. The molecule has 3 aromatic rings. The number of hydrogen-bond acceptors (Lipinski definition) is 4. The fourth-order valence-corrected chi connectivity index (χ4v) is 5.69. The van der Waals surface area contributed by atoms with E-state index in [0.29, 0.717) is 6.61 Å². The molecule has 0 aromatic heterocycles. The van der Waals surface area contributed by atoms with Crippen molar-refractivity contribution in [3.8, 4) is 5.75 Å². The third kappa shape index (κ3) is 3.89. The third-order valence-electron chi connectivity index (χ3n) is 7.29. The first kappa shape index (κ1) is 22.6. The molecule has 1 fully saturated rings. The van der Waals surface area contributed by atoms with Crippen molar-refractivity contribution in [3.05, 3.63) is 95.6 Å². The van der Waals surface area contributed by atoms with Gasteiger partial charge in [-0.3, -0.25) is 4.79 Å². The van der Waals surface area contributed by atoms with Crippen molar-refractivity contribution >= 4 is 11.6 Å². The van der Waals surface area contributed by atoms with Crippen LogP contribution in [0.15, 0.2) is 78.9 Å². The fourth-order valence-electron chi connectivity index (χ4n) is 5.69. The summed E-state index contributed by atoms with van der Waals surface area (Å²) in [5.41, 5.74) is 2.91. The Kier molecular flexibility index (Phi) is 6.40. The predicted octanol–water partition coefficient (Wildman–Crippen LogP) is 4.91. The van der Waals surface area contributed by atoms with E-state index in [-0.39, 0.29) is 5.91 Å². The van der Waals surface area contributed by atoms with Gasteiger partial charge in [-0.1, -0.05) is 86.0 Å². The molecule has 2 aliphatic rings. The minimum atomic E-state index is -1.10. The van der Waals surface area contributed by atoms with Crippen LogP contribution in [0.5, 0.6) is 5.75 Å². The van der Waals surface area contributed by atoms with Crippen LogP contribution in [0.4, 0.5) is 5.69 Å². The van der Waals surface area contributed by atoms with Crippen molar-refractivity contribution < 1.29 is 19.7 Å². The average Bonchev–Trinajstić information content (AvgIpc) is 3.12. The second-order valence-electron chi connectivity index (χ2n) is 9.35. The van der Waals surface area contributed by atoms with Crippen molar-refractivity contribution in [3.63, 3.8) is 0 Å². The van der Waals surface area contributed by atoms with Crippen LogP contribution in [0.25, 0.3) is 0 Å². The van der Waals surface area contributed by atoms with Crippen molar-refractivity contribution in [2.24, 2.45) is 0 Å². The first-order valence-electron chi connectivity index (χ1n) is 12.1. The highest BCUT2D eigenvalue weighted by atomic mass is 16.5. The van der Waals surface area contributed by atoms with Crippen molar-refractivity contribution in [1.82, 2.24) is 0 Å². The summed E-state index contributed by atoms with van der Waals surface area (Å²) in [7, 11) is 0. The van der Waals surface area contributed by atoms with Gasteiger partial charge in [0.2, 0.25) is 5.91 Å². The zero-order valence-electron chi connectivity index (χ0n) is 19.3. The van der Waals surface area contributed by atoms with Crippen LogP contribution >= 0.6 is 0 Å². The van der Waals surface area contributed by atoms with Crippen LogP contribution in [-0.4, -0.2) is 28.8 Å². The van der Waals surface area contributed by atoms with Crippen molar-refractivity contribution in [2.75, 3.05) is 11.5 Å². The Labute approximate surface area is 200 Å². The number of nitrogens with zero attached hydrogens (tertiary/aromatic N) is 1. The van der Waals surface area contributed by atoms with Gasteiger partial charge in [-0.15, -0.1) is 0 Å².